The summed E-state index contributed by atoms with van der Waals surface area (Å²) in [5.41, 5.74) is 1.73. The molecule has 150 valence electrons. The average molecular weight is 428 g/mol. The second kappa shape index (κ2) is 10.1. The van der Waals surface area contributed by atoms with E-state index >= 15 is 0 Å². The molecule has 0 aliphatic carbocycles. The lowest BCUT2D eigenvalue weighted by atomic mass is 10.0. The lowest BCUT2D eigenvalue weighted by molar-refractivity contribution is 0.300. The third-order valence-electron chi connectivity index (χ3n) is 3.96. The summed E-state index contributed by atoms with van der Waals surface area (Å²) in [4.78, 5) is 2.83. The summed E-state index contributed by atoms with van der Waals surface area (Å²) in [6, 6.07) is 4.22. The lowest BCUT2D eigenvalue weighted by Crippen LogP contribution is -2.09. The predicted molar refractivity (Wildman–Crippen MR) is 103 cm³/mol. The fourth-order valence-corrected chi connectivity index (χ4v) is 3.76. The zero-order valence-corrected chi connectivity index (χ0v) is 16.7. The highest BCUT2D eigenvalue weighted by Gasteiger charge is 2.18. The van der Waals surface area contributed by atoms with Crippen molar-refractivity contribution in [1.29, 1.82) is 0 Å². The summed E-state index contributed by atoms with van der Waals surface area (Å²) in [5, 5.41) is 20.3. The minimum absolute atomic E-state index is 0.0225. The molecule has 0 saturated carbocycles. The molecular formula is C17H19ClFN5O3S. The molecule has 1 heterocycles. The highest BCUT2D eigenvalue weighted by atomic mass is 35.5. The zero-order chi connectivity index (χ0) is 20.6. The van der Waals surface area contributed by atoms with Crippen molar-refractivity contribution in [2.75, 3.05) is 12.0 Å². The molecule has 0 amide bonds. The topological polar surface area (TPSA) is 105 Å². The smallest absolute Gasteiger partial charge is 0.156 e. The van der Waals surface area contributed by atoms with Crippen LogP contribution in [0.3, 0.4) is 0 Å². The van der Waals surface area contributed by atoms with Gasteiger partial charge < -0.3 is 5.21 Å². The Kier molecular flexibility index (Phi) is 7.90. The predicted octanol–water partition coefficient (Wildman–Crippen LogP) is 3.93. The van der Waals surface area contributed by atoms with E-state index in [2.05, 4.69) is 24.9 Å². The molecule has 2 aromatic rings. The van der Waals surface area contributed by atoms with E-state index in [1.165, 1.54) is 24.5 Å². The van der Waals surface area contributed by atoms with Crippen LogP contribution in [0, 0.1) is 12.4 Å². The number of unbranched alkanes of at least 4 members (excludes halogenated alkanes) is 2. The van der Waals surface area contributed by atoms with Gasteiger partial charge in [0.1, 0.15) is 31.4 Å². The van der Waals surface area contributed by atoms with Crippen molar-refractivity contribution < 1.29 is 18.4 Å². The average Bonchev–Trinajstić information content (AvgIpc) is 3.10. The molecule has 0 saturated heterocycles. The van der Waals surface area contributed by atoms with Crippen molar-refractivity contribution in [2.45, 2.75) is 32.1 Å². The van der Waals surface area contributed by atoms with Gasteiger partial charge in [0.2, 0.25) is 0 Å². The van der Waals surface area contributed by atoms with E-state index in [9.17, 15) is 13.8 Å². The Morgan fingerprint density at radius 2 is 2.18 bits per heavy atom. The van der Waals surface area contributed by atoms with Gasteiger partial charge in [-0.3, -0.25) is 0 Å². The SMILES string of the molecule is [C-]#[N+]N=S(C)(=O)CCCCCc1nonc1/C(Cc1ccc(F)c(Cl)c1)=N/O. The molecule has 1 N–H and O–H groups in total. The molecule has 1 aromatic carbocycles. The van der Waals surface area contributed by atoms with Gasteiger partial charge in [-0.1, -0.05) is 34.4 Å². The first-order valence-electron chi connectivity index (χ1n) is 8.38. The summed E-state index contributed by atoms with van der Waals surface area (Å²) < 4.78 is 33.4. The van der Waals surface area contributed by atoms with E-state index in [0.717, 1.165) is 12.8 Å². The second-order valence-corrected chi connectivity index (χ2v) is 9.08. The molecule has 8 nitrogen and oxygen atoms in total. The minimum atomic E-state index is -2.45. The van der Waals surface area contributed by atoms with Crippen molar-refractivity contribution in [3.05, 3.63) is 57.5 Å². The van der Waals surface area contributed by atoms with Crippen molar-refractivity contribution >= 4 is 27.0 Å². The molecule has 1 unspecified atom stereocenters. The molecule has 0 radical (unpaired) electrons. The van der Waals surface area contributed by atoms with Crippen LogP contribution >= 0.6 is 11.6 Å². The Labute approximate surface area is 167 Å². The number of aromatic nitrogens is 2. The van der Waals surface area contributed by atoms with Gasteiger partial charge >= 0.3 is 0 Å². The van der Waals surface area contributed by atoms with Gasteiger partial charge in [-0.2, -0.15) is 6.57 Å². The Balaban J connectivity index is 1.96. The standard InChI is InChI=1S/C17H19ClFN5O3S/c1-20-24-28(2,26)9-5-3-4-6-15-17(23-27-22-15)16(21-25)11-12-7-8-14(19)13(18)10-12/h7-8,10,25H,3-6,9,11H2,2H3/b21-16+. The van der Waals surface area contributed by atoms with E-state index in [4.69, 9.17) is 22.8 Å². The van der Waals surface area contributed by atoms with Gasteiger partial charge in [-0.05, 0) is 42.1 Å². The fourth-order valence-electron chi connectivity index (χ4n) is 2.57. The summed E-state index contributed by atoms with van der Waals surface area (Å²) in [5.74, 6) is -0.176. The first-order valence-corrected chi connectivity index (χ1v) is 10.9. The van der Waals surface area contributed by atoms with Crippen molar-refractivity contribution in [3.8, 4) is 0 Å². The number of rotatable bonds is 9. The molecule has 2 rings (SSSR count). The van der Waals surface area contributed by atoms with E-state index in [0.29, 0.717) is 35.5 Å². The van der Waals surface area contributed by atoms with E-state index < -0.39 is 15.5 Å². The number of nitrogens with zero attached hydrogens (tertiary/aromatic N) is 5. The minimum Gasteiger partial charge on any atom is -0.411 e. The third-order valence-corrected chi connectivity index (χ3v) is 5.72. The highest BCUT2D eigenvalue weighted by Crippen LogP contribution is 2.19. The van der Waals surface area contributed by atoms with Gasteiger partial charge in [-0.25, -0.2) is 13.2 Å². The van der Waals surface area contributed by atoms with Gasteiger partial charge in [0.15, 0.2) is 5.69 Å². The Hall–Kier alpha value is -2.51. The van der Waals surface area contributed by atoms with Crippen LogP contribution in [0.1, 0.15) is 36.2 Å². The van der Waals surface area contributed by atoms with Crippen molar-refractivity contribution in [1.82, 2.24) is 10.3 Å². The molecule has 0 aliphatic rings. The molecule has 0 spiro atoms. The van der Waals surface area contributed by atoms with Gasteiger partial charge in [0, 0.05) is 18.4 Å². The Morgan fingerprint density at radius 1 is 1.39 bits per heavy atom. The van der Waals surface area contributed by atoms with Gasteiger partial charge in [-0.15, -0.1) is 4.95 Å². The summed E-state index contributed by atoms with van der Waals surface area (Å²) in [6.45, 7) is 6.65. The van der Waals surface area contributed by atoms with Crippen LogP contribution in [0.4, 0.5) is 4.39 Å². The maximum absolute atomic E-state index is 13.3. The summed E-state index contributed by atoms with van der Waals surface area (Å²) in [7, 11) is -2.45. The van der Waals surface area contributed by atoms with Crippen LogP contribution < -0.4 is 0 Å². The molecular weight excluding hydrogens is 409 g/mol. The maximum Gasteiger partial charge on any atom is 0.156 e. The normalized spacial score (nSPS) is 13.7. The lowest BCUT2D eigenvalue weighted by Gasteiger charge is -2.05. The zero-order valence-electron chi connectivity index (χ0n) is 15.1. The highest BCUT2D eigenvalue weighted by molar-refractivity contribution is 7.92. The molecule has 1 atom stereocenters. The molecule has 0 aliphatic heterocycles. The largest absolute Gasteiger partial charge is 0.411 e. The second-order valence-electron chi connectivity index (χ2n) is 6.19. The van der Waals surface area contributed by atoms with Crippen LogP contribution in [0.25, 0.3) is 4.95 Å². The summed E-state index contributed by atoms with van der Waals surface area (Å²) in [6.07, 6.45) is 4.29. The van der Waals surface area contributed by atoms with Crippen molar-refractivity contribution in [3.63, 3.8) is 0 Å². The number of halogens is 2. The number of oxime groups is 1. The number of aryl methyl sites for hydroxylation is 1. The van der Waals surface area contributed by atoms with Crippen molar-refractivity contribution in [2.24, 2.45) is 9.63 Å². The van der Waals surface area contributed by atoms with Gasteiger partial charge in [0.05, 0.1) is 5.02 Å². The Morgan fingerprint density at radius 3 is 2.86 bits per heavy atom. The summed E-state index contributed by atoms with van der Waals surface area (Å²) >= 11 is 5.78. The van der Waals surface area contributed by atoms with Crippen LogP contribution in [0.5, 0.6) is 0 Å². The fraction of sp³-hybridized carbons (Fsp3) is 0.412. The Bertz CT molecular complexity index is 1010. The maximum atomic E-state index is 13.3. The monoisotopic (exact) mass is 427 g/mol. The third kappa shape index (κ3) is 6.28. The molecule has 1 aromatic heterocycles. The first-order chi connectivity index (χ1) is 13.4. The quantitative estimate of drug-likeness (QED) is 0.214. The number of hydrogen-bond donors (Lipinski definition) is 1. The molecule has 0 fully saturated rings. The van der Waals surface area contributed by atoms with Crippen LogP contribution in [-0.4, -0.2) is 37.4 Å². The molecule has 0 bridgehead atoms. The number of benzene rings is 1. The van der Waals surface area contributed by atoms with Gasteiger partial charge in [0.25, 0.3) is 0 Å². The first kappa shape index (κ1) is 21.8. The van der Waals surface area contributed by atoms with E-state index in [1.54, 1.807) is 0 Å². The molecule has 11 heteroatoms. The van der Waals surface area contributed by atoms with Crippen LogP contribution in [0.2, 0.25) is 5.02 Å². The van der Waals surface area contributed by atoms with Crippen LogP contribution in [-0.2, 0) is 22.6 Å². The van der Waals surface area contributed by atoms with E-state index in [1.807, 2.05) is 0 Å². The molecule has 28 heavy (non-hydrogen) atoms. The van der Waals surface area contributed by atoms with Crippen LogP contribution in [0.15, 0.2) is 32.5 Å². The van der Waals surface area contributed by atoms with E-state index in [-0.39, 0.29) is 17.2 Å². The number of hydrogen-bond acceptors (Lipinski definition) is 7.